The van der Waals surface area contributed by atoms with E-state index in [2.05, 4.69) is 14.7 Å². The van der Waals surface area contributed by atoms with Gasteiger partial charge in [0.2, 0.25) is 5.88 Å². The van der Waals surface area contributed by atoms with Crippen molar-refractivity contribution in [1.29, 1.82) is 0 Å². The molecule has 6 nitrogen and oxygen atoms in total. The molecule has 128 valence electrons. The Labute approximate surface area is 129 Å². The van der Waals surface area contributed by atoms with Crippen LogP contribution in [-0.4, -0.2) is 23.8 Å². The number of nitrogens with two attached hydrogens (primary N) is 2. The molecule has 1 aromatic heterocycles. The molecule has 0 radical (unpaired) electrons. The van der Waals surface area contributed by atoms with Gasteiger partial charge in [-0.3, -0.25) is 0 Å². The molecular formula is C13H16F4N4O2. The molecule has 1 heterocycles. The van der Waals surface area contributed by atoms with Gasteiger partial charge in [0.1, 0.15) is 12.4 Å². The van der Waals surface area contributed by atoms with E-state index in [9.17, 15) is 17.6 Å². The summed E-state index contributed by atoms with van der Waals surface area (Å²) in [6, 6.07) is 2.35. The van der Waals surface area contributed by atoms with Crippen molar-refractivity contribution in [1.82, 2.24) is 4.98 Å². The molecule has 0 aliphatic heterocycles. The fraction of sp³-hybridized carbons (Fsp3) is 0.385. The summed E-state index contributed by atoms with van der Waals surface area (Å²) in [5, 5.41) is 0. The minimum absolute atomic E-state index is 0.0666. The van der Waals surface area contributed by atoms with Crippen molar-refractivity contribution in [2.75, 3.05) is 6.61 Å². The standard InChI is InChI=1S/C13H16F4N4O2/c1-2-9(14)11(18)21-12(19)22-6-8-3-4-10(20-5-8)23-7-13(15,16)17/h3-5H,2,6-7,18H2,1H3,(H2,19,21)/b11-9+. The Morgan fingerprint density at radius 1 is 1.30 bits per heavy atom. The van der Waals surface area contributed by atoms with Crippen molar-refractivity contribution >= 4 is 6.02 Å². The maximum absolute atomic E-state index is 13.1. The van der Waals surface area contributed by atoms with Crippen molar-refractivity contribution in [3.05, 3.63) is 35.5 Å². The lowest BCUT2D eigenvalue weighted by Gasteiger charge is -2.09. The Hall–Kier alpha value is -2.52. The number of rotatable bonds is 6. The molecule has 0 saturated carbocycles. The molecule has 0 unspecified atom stereocenters. The number of aromatic nitrogens is 1. The zero-order valence-corrected chi connectivity index (χ0v) is 12.2. The molecule has 0 aromatic carbocycles. The molecule has 1 aromatic rings. The highest BCUT2D eigenvalue weighted by Crippen LogP contribution is 2.17. The highest BCUT2D eigenvalue weighted by molar-refractivity contribution is 5.72. The van der Waals surface area contributed by atoms with E-state index in [-0.39, 0.29) is 30.8 Å². The SMILES string of the molecule is CC/C(F)=C(/N)N=C(N)OCc1ccc(OCC(F)(F)F)nc1. The fourth-order valence-electron chi connectivity index (χ4n) is 1.29. The molecular weight excluding hydrogens is 320 g/mol. The summed E-state index contributed by atoms with van der Waals surface area (Å²) >= 11 is 0. The second-order valence-corrected chi connectivity index (χ2v) is 4.29. The summed E-state index contributed by atoms with van der Waals surface area (Å²) in [4.78, 5) is 7.21. The second kappa shape index (κ2) is 8.20. The second-order valence-electron chi connectivity index (χ2n) is 4.29. The van der Waals surface area contributed by atoms with Crippen molar-refractivity contribution in [2.24, 2.45) is 16.5 Å². The zero-order chi connectivity index (χ0) is 17.5. The maximum atomic E-state index is 13.1. The first kappa shape index (κ1) is 18.5. The predicted octanol–water partition coefficient (Wildman–Crippen LogP) is 2.36. The van der Waals surface area contributed by atoms with Gasteiger partial charge in [-0.15, -0.1) is 0 Å². The largest absolute Gasteiger partial charge is 0.468 e. The smallest absolute Gasteiger partial charge is 0.422 e. The van der Waals surface area contributed by atoms with Gasteiger partial charge in [-0.2, -0.15) is 18.2 Å². The minimum Gasteiger partial charge on any atom is -0.468 e. The number of aliphatic imine (C=N–C) groups is 1. The van der Waals surface area contributed by atoms with Crippen LogP contribution in [0.25, 0.3) is 0 Å². The predicted molar refractivity (Wildman–Crippen MR) is 74.8 cm³/mol. The lowest BCUT2D eigenvalue weighted by Crippen LogP contribution is -2.19. The Morgan fingerprint density at radius 2 is 2.00 bits per heavy atom. The van der Waals surface area contributed by atoms with Crippen LogP contribution < -0.4 is 16.2 Å². The molecule has 0 atom stereocenters. The normalized spacial score (nSPS) is 13.5. The number of halogens is 4. The summed E-state index contributed by atoms with van der Waals surface area (Å²) < 4.78 is 58.5. The molecule has 0 spiro atoms. The quantitative estimate of drug-likeness (QED) is 0.472. The number of nitrogens with zero attached hydrogens (tertiary/aromatic N) is 2. The monoisotopic (exact) mass is 336 g/mol. The van der Waals surface area contributed by atoms with Gasteiger partial charge in [-0.1, -0.05) is 6.92 Å². The third-order valence-corrected chi connectivity index (χ3v) is 2.39. The number of pyridine rings is 1. The molecule has 1 rings (SSSR count). The van der Waals surface area contributed by atoms with Gasteiger partial charge in [-0.25, -0.2) is 9.37 Å². The summed E-state index contributed by atoms with van der Waals surface area (Å²) in [5.41, 5.74) is 11.2. The third kappa shape index (κ3) is 7.34. The maximum Gasteiger partial charge on any atom is 0.422 e. The molecule has 0 fully saturated rings. The van der Waals surface area contributed by atoms with Gasteiger partial charge in [0.25, 0.3) is 6.02 Å². The number of alkyl halides is 3. The Morgan fingerprint density at radius 3 is 2.52 bits per heavy atom. The van der Waals surface area contributed by atoms with E-state index in [4.69, 9.17) is 16.2 Å². The number of hydrogen-bond donors (Lipinski definition) is 2. The van der Waals surface area contributed by atoms with Crippen molar-refractivity contribution in [2.45, 2.75) is 26.1 Å². The van der Waals surface area contributed by atoms with E-state index in [0.717, 1.165) is 0 Å². The van der Waals surface area contributed by atoms with Crippen LogP contribution in [0.2, 0.25) is 0 Å². The highest BCUT2D eigenvalue weighted by atomic mass is 19.4. The van der Waals surface area contributed by atoms with Crippen LogP contribution in [0.3, 0.4) is 0 Å². The molecule has 0 aliphatic rings. The van der Waals surface area contributed by atoms with Gasteiger partial charge in [-0.05, 0) is 6.07 Å². The molecule has 10 heteroatoms. The van der Waals surface area contributed by atoms with Gasteiger partial charge >= 0.3 is 6.18 Å². The van der Waals surface area contributed by atoms with Crippen molar-refractivity contribution in [3.8, 4) is 5.88 Å². The first-order chi connectivity index (χ1) is 10.7. The van der Waals surface area contributed by atoms with E-state index < -0.39 is 18.6 Å². The Balaban J connectivity index is 2.54. The molecule has 0 amide bonds. The molecule has 0 aliphatic carbocycles. The van der Waals surface area contributed by atoms with E-state index in [0.29, 0.717) is 5.56 Å². The van der Waals surface area contributed by atoms with Crippen LogP contribution in [0.1, 0.15) is 18.9 Å². The first-order valence-corrected chi connectivity index (χ1v) is 6.47. The molecule has 4 N–H and O–H groups in total. The van der Waals surface area contributed by atoms with E-state index >= 15 is 0 Å². The van der Waals surface area contributed by atoms with Crippen LogP contribution in [0.4, 0.5) is 17.6 Å². The lowest BCUT2D eigenvalue weighted by molar-refractivity contribution is -0.154. The molecule has 0 saturated heterocycles. The molecule has 23 heavy (non-hydrogen) atoms. The summed E-state index contributed by atoms with van der Waals surface area (Å²) in [6.07, 6.45) is -3.10. The van der Waals surface area contributed by atoms with E-state index in [1.807, 2.05) is 0 Å². The average molecular weight is 336 g/mol. The zero-order valence-electron chi connectivity index (χ0n) is 12.2. The topological polar surface area (TPSA) is 95.8 Å². The highest BCUT2D eigenvalue weighted by Gasteiger charge is 2.28. The number of ether oxygens (including phenoxy) is 2. The van der Waals surface area contributed by atoms with E-state index in [1.165, 1.54) is 18.3 Å². The summed E-state index contributed by atoms with van der Waals surface area (Å²) in [5.74, 6) is -1.17. The van der Waals surface area contributed by atoms with Gasteiger partial charge in [0, 0.05) is 24.2 Å². The molecule has 0 bridgehead atoms. The number of allylic oxidation sites excluding steroid dienone is 1. The van der Waals surface area contributed by atoms with Crippen molar-refractivity contribution < 1.29 is 27.0 Å². The van der Waals surface area contributed by atoms with Crippen LogP contribution in [0, 0.1) is 0 Å². The summed E-state index contributed by atoms with van der Waals surface area (Å²) in [7, 11) is 0. The Bertz CT molecular complexity index is 570. The minimum atomic E-state index is -4.43. The third-order valence-electron chi connectivity index (χ3n) is 2.39. The fourth-order valence-corrected chi connectivity index (χ4v) is 1.29. The van der Waals surface area contributed by atoms with Crippen molar-refractivity contribution in [3.63, 3.8) is 0 Å². The van der Waals surface area contributed by atoms with Gasteiger partial charge in [0.05, 0.1) is 0 Å². The van der Waals surface area contributed by atoms with E-state index in [1.54, 1.807) is 6.92 Å². The van der Waals surface area contributed by atoms with Crippen LogP contribution in [0.5, 0.6) is 5.88 Å². The number of amidine groups is 1. The van der Waals surface area contributed by atoms with Gasteiger partial charge < -0.3 is 20.9 Å². The summed E-state index contributed by atoms with van der Waals surface area (Å²) in [6.45, 7) is 0.0653. The Kier molecular flexibility index (Phi) is 6.61. The van der Waals surface area contributed by atoms with Crippen LogP contribution >= 0.6 is 0 Å². The van der Waals surface area contributed by atoms with Crippen LogP contribution in [0.15, 0.2) is 35.0 Å². The lowest BCUT2D eigenvalue weighted by atomic mass is 10.3. The average Bonchev–Trinajstić information content (AvgIpc) is 2.50. The van der Waals surface area contributed by atoms with Gasteiger partial charge in [0.15, 0.2) is 12.4 Å². The number of hydrogen-bond acceptors (Lipinski definition) is 5. The van der Waals surface area contributed by atoms with Crippen LogP contribution in [-0.2, 0) is 11.3 Å². The first-order valence-electron chi connectivity index (χ1n) is 6.47.